The summed E-state index contributed by atoms with van der Waals surface area (Å²) >= 11 is 0. The molecule has 2 N–H and O–H groups in total. The molecule has 2 aromatic rings. The first kappa shape index (κ1) is 24.1. The zero-order valence-corrected chi connectivity index (χ0v) is 17.2. The molecule has 0 aliphatic carbocycles. The summed E-state index contributed by atoms with van der Waals surface area (Å²) in [5.74, 6) is -0.111. The van der Waals surface area contributed by atoms with E-state index in [1.54, 1.807) is 0 Å². The molecule has 11 heteroatoms. The maximum atomic E-state index is 10.5. The minimum atomic E-state index is -4.41. The van der Waals surface area contributed by atoms with Crippen molar-refractivity contribution in [1.82, 2.24) is 0 Å². The summed E-state index contributed by atoms with van der Waals surface area (Å²) in [6.07, 6.45) is 0. The van der Waals surface area contributed by atoms with Gasteiger partial charge in [0.15, 0.2) is 0 Å². The molecule has 0 radical (unpaired) electrons. The number of hydrogen-bond donors (Lipinski definition) is 2. The van der Waals surface area contributed by atoms with Crippen molar-refractivity contribution in [2.75, 3.05) is 0 Å². The molecule has 0 saturated heterocycles. The van der Waals surface area contributed by atoms with Crippen LogP contribution in [0, 0.1) is 13.8 Å². The fraction of sp³-hybridized carbons (Fsp3) is 0.143. The van der Waals surface area contributed by atoms with Gasteiger partial charge in [0.2, 0.25) is 0 Å². The summed E-state index contributed by atoms with van der Waals surface area (Å²) in [5, 5.41) is 17.8. The van der Waals surface area contributed by atoms with Gasteiger partial charge in [0.05, 0.1) is 9.79 Å². The Morgan fingerprint density at radius 2 is 1.00 bits per heavy atom. The molecular weight excluding hydrogens is 400 g/mol. The van der Waals surface area contributed by atoms with E-state index in [1.165, 1.54) is 26.0 Å². The van der Waals surface area contributed by atoms with Crippen LogP contribution in [0.5, 0.6) is 11.5 Å². The van der Waals surface area contributed by atoms with E-state index < -0.39 is 20.2 Å². The summed E-state index contributed by atoms with van der Waals surface area (Å²) in [5.41, 5.74) is 0.509. The minimum Gasteiger partial charge on any atom is -0.744 e. The van der Waals surface area contributed by atoms with Crippen LogP contribution >= 0.6 is 0 Å². The first-order valence-electron chi connectivity index (χ1n) is 6.33. The van der Waals surface area contributed by atoms with E-state index in [4.69, 9.17) is 10.2 Å². The Balaban J connectivity index is 0.000000443. The van der Waals surface area contributed by atoms with E-state index in [2.05, 4.69) is 0 Å². The van der Waals surface area contributed by atoms with E-state index in [9.17, 15) is 25.9 Å². The van der Waals surface area contributed by atoms with Crippen LogP contribution in [0.1, 0.15) is 11.1 Å². The molecule has 0 atom stereocenters. The van der Waals surface area contributed by atoms with Crippen LogP contribution in [0.2, 0.25) is 0 Å². The first-order valence-corrected chi connectivity index (χ1v) is 9.15. The Labute approximate surface area is 175 Å². The monoisotopic (exact) mass is 414 g/mol. The van der Waals surface area contributed by atoms with Crippen LogP contribution < -0.4 is 0 Å². The van der Waals surface area contributed by atoms with Crippen LogP contribution in [-0.2, 0) is 20.2 Å². The van der Waals surface area contributed by atoms with Crippen molar-refractivity contribution in [2.45, 2.75) is 23.6 Å². The van der Waals surface area contributed by atoms with Gasteiger partial charge in [-0.2, -0.15) is 0 Å². The van der Waals surface area contributed by atoms with Crippen molar-refractivity contribution in [1.29, 1.82) is 0 Å². The molecule has 0 saturated carbocycles. The zero-order valence-electron chi connectivity index (χ0n) is 13.3. The van der Waals surface area contributed by atoms with Crippen LogP contribution in [0.4, 0.5) is 0 Å². The molecule has 0 bridgehead atoms. The fourth-order valence-corrected chi connectivity index (χ4v) is 3.20. The molecule has 0 aromatic heterocycles. The van der Waals surface area contributed by atoms with Crippen LogP contribution in [0.3, 0.4) is 0 Å². The topological polar surface area (TPSA) is 155 Å². The van der Waals surface area contributed by atoms with Gasteiger partial charge in [-0.3, -0.25) is 0 Å². The van der Waals surface area contributed by atoms with Gasteiger partial charge in [-0.05, 0) is 61.4 Å². The van der Waals surface area contributed by atoms with Gasteiger partial charge in [0.1, 0.15) is 31.7 Å². The summed E-state index contributed by atoms with van der Waals surface area (Å²) in [7, 11) is -8.82. The third-order valence-corrected chi connectivity index (χ3v) is 4.85. The maximum absolute atomic E-state index is 10.5. The van der Waals surface area contributed by atoms with Gasteiger partial charge in [-0.1, -0.05) is 0 Å². The van der Waals surface area contributed by atoms with Crippen LogP contribution in [0.15, 0.2) is 46.2 Å². The number of rotatable bonds is 2. The van der Waals surface area contributed by atoms with E-state index in [-0.39, 0.29) is 70.2 Å². The molecule has 0 amide bonds. The molecule has 0 spiro atoms. The molecular formula is C14H14CaO8S2. The Morgan fingerprint density at radius 1 is 0.720 bits per heavy atom. The summed E-state index contributed by atoms with van der Waals surface area (Å²) < 4.78 is 63.2. The molecule has 0 aliphatic rings. The van der Waals surface area contributed by atoms with E-state index in [0.717, 1.165) is 24.3 Å². The van der Waals surface area contributed by atoms with Crippen molar-refractivity contribution >= 4 is 58.0 Å². The third-order valence-electron chi connectivity index (χ3n) is 2.86. The number of phenols is 2. The largest absolute Gasteiger partial charge is 2.00 e. The van der Waals surface area contributed by atoms with Gasteiger partial charge in [-0.15, -0.1) is 0 Å². The van der Waals surface area contributed by atoms with Crippen molar-refractivity contribution in [3.63, 3.8) is 0 Å². The number of aromatic hydroxyl groups is 2. The van der Waals surface area contributed by atoms with Crippen molar-refractivity contribution in [2.24, 2.45) is 0 Å². The second kappa shape index (κ2) is 9.17. The Hall–Kier alpha value is -0.880. The Kier molecular flexibility index (Phi) is 8.85. The van der Waals surface area contributed by atoms with Crippen molar-refractivity contribution in [3.05, 3.63) is 47.5 Å². The molecule has 0 fully saturated rings. The molecule has 2 aromatic carbocycles. The number of phenolic OH excluding ortho intramolecular Hbond substituents is 2. The fourth-order valence-electron chi connectivity index (χ4n) is 1.83. The van der Waals surface area contributed by atoms with E-state index in [1.807, 2.05) is 0 Å². The number of benzene rings is 2. The second-order valence-corrected chi connectivity index (χ2v) is 7.50. The smallest absolute Gasteiger partial charge is 0.744 e. The summed E-state index contributed by atoms with van der Waals surface area (Å²) in [6.45, 7) is 2.90. The third kappa shape index (κ3) is 7.48. The van der Waals surface area contributed by atoms with Gasteiger partial charge in [-0.25, -0.2) is 16.8 Å². The van der Waals surface area contributed by atoms with Crippen LogP contribution in [-0.4, -0.2) is 73.9 Å². The molecule has 2 rings (SSSR count). The van der Waals surface area contributed by atoms with Gasteiger partial charge >= 0.3 is 37.7 Å². The quantitative estimate of drug-likeness (QED) is 0.541. The average Bonchev–Trinajstić information content (AvgIpc) is 2.35. The average molecular weight is 414 g/mol. The first-order chi connectivity index (χ1) is 10.8. The number of hydrogen-bond acceptors (Lipinski definition) is 8. The predicted molar refractivity (Wildman–Crippen MR) is 87.4 cm³/mol. The second-order valence-electron chi connectivity index (χ2n) is 4.81. The van der Waals surface area contributed by atoms with E-state index in [0.29, 0.717) is 0 Å². The van der Waals surface area contributed by atoms with Crippen molar-refractivity contribution < 1.29 is 36.2 Å². The standard InChI is InChI=1S/2C7H8O4S.Ca/c2*1-5-4-6(8)2-3-7(5)12(9,10)11;/h2*2-4,8H,1H3,(H,9,10,11);/q;;+2/p-2. The zero-order chi connectivity index (χ0) is 18.7. The molecule has 25 heavy (non-hydrogen) atoms. The molecule has 0 heterocycles. The predicted octanol–water partition coefficient (Wildman–Crippen LogP) is 0.829. The Bertz CT molecular complexity index is 873. The Morgan fingerprint density at radius 3 is 1.20 bits per heavy atom. The molecule has 0 aliphatic heterocycles. The molecule has 0 unspecified atom stereocenters. The van der Waals surface area contributed by atoms with E-state index >= 15 is 0 Å². The molecule has 132 valence electrons. The number of aryl methyl sites for hydroxylation is 2. The van der Waals surface area contributed by atoms with Gasteiger partial charge in [0.25, 0.3) is 0 Å². The molecule has 8 nitrogen and oxygen atoms in total. The van der Waals surface area contributed by atoms with Crippen LogP contribution in [0.25, 0.3) is 0 Å². The summed E-state index contributed by atoms with van der Waals surface area (Å²) in [4.78, 5) is -0.583. The van der Waals surface area contributed by atoms with Crippen molar-refractivity contribution in [3.8, 4) is 11.5 Å². The van der Waals surface area contributed by atoms with Gasteiger partial charge in [0, 0.05) is 0 Å². The summed E-state index contributed by atoms with van der Waals surface area (Å²) in [6, 6.07) is 6.96. The SMILES string of the molecule is Cc1cc(O)ccc1S(=O)(=O)[O-].Cc1cc(O)ccc1S(=O)(=O)[O-].[Ca+2]. The normalized spacial score (nSPS) is 11.0. The maximum Gasteiger partial charge on any atom is 2.00 e. The van der Waals surface area contributed by atoms with Gasteiger partial charge < -0.3 is 19.3 Å². The minimum absolute atomic E-state index is 0.